The van der Waals surface area contributed by atoms with Gasteiger partial charge in [-0.25, -0.2) is 13.4 Å². The molecule has 0 saturated carbocycles. The van der Waals surface area contributed by atoms with Gasteiger partial charge in [-0.05, 0) is 50.6 Å². The summed E-state index contributed by atoms with van der Waals surface area (Å²) < 4.78 is 29.2. The highest BCUT2D eigenvalue weighted by Crippen LogP contribution is 2.23. The molecule has 0 bridgehead atoms. The zero-order chi connectivity index (χ0) is 24.3. The van der Waals surface area contributed by atoms with Gasteiger partial charge in [-0.3, -0.25) is 4.79 Å². The first-order valence-corrected chi connectivity index (χ1v) is 13.1. The van der Waals surface area contributed by atoms with Gasteiger partial charge in [-0.1, -0.05) is 24.3 Å². The van der Waals surface area contributed by atoms with Crippen LogP contribution in [0.4, 0.5) is 5.82 Å². The molecule has 1 saturated heterocycles. The number of rotatable bonds is 7. The van der Waals surface area contributed by atoms with Crippen molar-refractivity contribution < 1.29 is 13.2 Å². The van der Waals surface area contributed by atoms with Crippen LogP contribution in [0.15, 0.2) is 54.7 Å². The van der Waals surface area contributed by atoms with Gasteiger partial charge in [-0.2, -0.15) is 4.31 Å². The van der Waals surface area contributed by atoms with Crippen LogP contribution in [0.25, 0.3) is 5.69 Å². The Bertz CT molecular complexity index is 1260. The Morgan fingerprint density at radius 3 is 2.38 bits per heavy atom. The molecule has 0 radical (unpaired) electrons. The van der Waals surface area contributed by atoms with Gasteiger partial charge in [0.05, 0.1) is 11.3 Å². The highest BCUT2D eigenvalue weighted by molar-refractivity contribution is 7.89. The largest absolute Gasteiger partial charge is 0.354 e. The lowest BCUT2D eigenvalue weighted by atomic mass is 10.2. The fourth-order valence-corrected chi connectivity index (χ4v) is 5.77. The first-order chi connectivity index (χ1) is 16.3. The average Bonchev–Trinajstić information content (AvgIpc) is 3.13. The van der Waals surface area contributed by atoms with Crippen LogP contribution >= 0.6 is 0 Å². The Hall–Kier alpha value is -3.17. The van der Waals surface area contributed by atoms with Crippen molar-refractivity contribution >= 4 is 21.7 Å². The molecule has 0 aliphatic carbocycles. The summed E-state index contributed by atoms with van der Waals surface area (Å²) in [5.74, 6) is 0.469. The molecule has 1 aromatic carbocycles. The van der Waals surface area contributed by atoms with E-state index >= 15 is 0 Å². The van der Waals surface area contributed by atoms with E-state index in [0.29, 0.717) is 31.7 Å². The fraction of sp³-hybridized carbons (Fsp3) is 0.360. The van der Waals surface area contributed by atoms with E-state index < -0.39 is 10.0 Å². The first kappa shape index (κ1) is 24.0. The van der Waals surface area contributed by atoms with Crippen LogP contribution in [0.5, 0.6) is 0 Å². The molecule has 0 atom stereocenters. The minimum atomic E-state index is -3.46. The summed E-state index contributed by atoms with van der Waals surface area (Å²) in [4.78, 5) is 19.3. The molecule has 1 amide bonds. The summed E-state index contributed by atoms with van der Waals surface area (Å²) in [5.41, 5.74) is 4.49. The number of hydrogen-bond donors (Lipinski definition) is 1. The van der Waals surface area contributed by atoms with Crippen LogP contribution in [-0.4, -0.2) is 66.7 Å². The molecule has 3 heterocycles. The summed E-state index contributed by atoms with van der Waals surface area (Å²) in [6.07, 6.45) is 1.74. The quantitative estimate of drug-likeness (QED) is 0.561. The van der Waals surface area contributed by atoms with Crippen molar-refractivity contribution in [3.05, 3.63) is 77.2 Å². The molecular formula is C25H31N5O3S. The molecule has 1 fully saturated rings. The number of benzene rings is 1. The molecule has 0 unspecified atom stereocenters. The molecule has 34 heavy (non-hydrogen) atoms. The van der Waals surface area contributed by atoms with Crippen molar-refractivity contribution in [3.63, 3.8) is 0 Å². The molecular weight excluding hydrogens is 450 g/mol. The molecule has 0 spiro atoms. The van der Waals surface area contributed by atoms with Crippen molar-refractivity contribution in [2.24, 2.45) is 0 Å². The number of piperazine rings is 1. The zero-order valence-corrected chi connectivity index (χ0v) is 20.7. The standard InChI is InChI=1S/C25H31N5O3S/c1-19-8-4-5-9-23(19)30-20(2)18-22(21(30)3)25(31)27-12-17-34(32,33)29-15-13-28(14-16-29)24-10-6-7-11-26-24/h4-11,18H,12-17H2,1-3H3,(H,27,31). The van der Waals surface area contributed by atoms with Gasteiger partial charge in [0.25, 0.3) is 5.91 Å². The van der Waals surface area contributed by atoms with E-state index in [0.717, 1.165) is 28.5 Å². The summed E-state index contributed by atoms with van der Waals surface area (Å²) in [6, 6.07) is 15.6. The van der Waals surface area contributed by atoms with Crippen molar-refractivity contribution in [2.45, 2.75) is 20.8 Å². The van der Waals surface area contributed by atoms with E-state index in [1.54, 1.807) is 6.20 Å². The van der Waals surface area contributed by atoms with Crippen LogP contribution in [0, 0.1) is 20.8 Å². The number of amides is 1. The SMILES string of the molecule is Cc1ccccc1-n1c(C)cc(C(=O)NCCS(=O)(=O)N2CCN(c3ccccn3)CC2)c1C. The Labute approximate surface area is 201 Å². The van der Waals surface area contributed by atoms with E-state index in [9.17, 15) is 13.2 Å². The van der Waals surface area contributed by atoms with Gasteiger partial charge in [-0.15, -0.1) is 0 Å². The van der Waals surface area contributed by atoms with Gasteiger partial charge in [0.2, 0.25) is 10.0 Å². The number of hydrogen-bond acceptors (Lipinski definition) is 5. The van der Waals surface area contributed by atoms with Crippen LogP contribution in [0.1, 0.15) is 27.3 Å². The van der Waals surface area contributed by atoms with E-state index in [4.69, 9.17) is 0 Å². The highest BCUT2D eigenvalue weighted by Gasteiger charge is 2.27. The maximum atomic E-state index is 12.9. The number of aryl methyl sites for hydroxylation is 2. The number of carbonyl (C=O) groups excluding carboxylic acids is 1. The summed E-state index contributed by atoms with van der Waals surface area (Å²) in [5, 5.41) is 2.80. The number of para-hydroxylation sites is 1. The zero-order valence-electron chi connectivity index (χ0n) is 19.9. The molecule has 1 N–H and O–H groups in total. The fourth-order valence-electron chi connectivity index (χ4n) is 4.43. The Morgan fingerprint density at radius 1 is 1.00 bits per heavy atom. The maximum Gasteiger partial charge on any atom is 0.253 e. The summed E-state index contributed by atoms with van der Waals surface area (Å²) in [7, 11) is -3.46. The molecule has 2 aromatic heterocycles. The maximum absolute atomic E-state index is 12.9. The van der Waals surface area contributed by atoms with E-state index in [1.807, 2.05) is 69.3 Å². The number of aromatic nitrogens is 2. The lowest BCUT2D eigenvalue weighted by Crippen LogP contribution is -2.50. The number of sulfonamides is 1. The predicted molar refractivity (Wildman–Crippen MR) is 134 cm³/mol. The van der Waals surface area contributed by atoms with Crippen molar-refractivity contribution in [1.29, 1.82) is 0 Å². The van der Waals surface area contributed by atoms with Gasteiger partial charge in [0.1, 0.15) is 5.82 Å². The van der Waals surface area contributed by atoms with Crippen LogP contribution in [0.3, 0.4) is 0 Å². The number of nitrogens with one attached hydrogen (secondary N) is 1. The minimum Gasteiger partial charge on any atom is -0.354 e. The second-order valence-electron chi connectivity index (χ2n) is 8.55. The predicted octanol–water partition coefficient (Wildman–Crippen LogP) is 2.68. The van der Waals surface area contributed by atoms with E-state index in [1.165, 1.54) is 4.31 Å². The van der Waals surface area contributed by atoms with Crippen LogP contribution in [0.2, 0.25) is 0 Å². The molecule has 9 heteroatoms. The van der Waals surface area contributed by atoms with E-state index in [-0.39, 0.29) is 18.2 Å². The lowest BCUT2D eigenvalue weighted by Gasteiger charge is -2.34. The Kier molecular flexibility index (Phi) is 7.04. The molecule has 1 aliphatic heterocycles. The molecule has 4 rings (SSSR count). The highest BCUT2D eigenvalue weighted by atomic mass is 32.2. The summed E-state index contributed by atoms with van der Waals surface area (Å²) in [6.45, 7) is 7.97. The number of carbonyl (C=O) groups is 1. The third kappa shape index (κ3) is 5.00. The van der Waals surface area contributed by atoms with Gasteiger partial charge >= 0.3 is 0 Å². The third-order valence-corrected chi connectivity index (χ3v) is 8.15. The monoisotopic (exact) mass is 481 g/mol. The summed E-state index contributed by atoms with van der Waals surface area (Å²) >= 11 is 0. The van der Waals surface area contributed by atoms with Crippen molar-refractivity contribution in [2.75, 3.05) is 43.4 Å². The Morgan fingerprint density at radius 2 is 1.71 bits per heavy atom. The second-order valence-corrected chi connectivity index (χ2v) is 10.6. The molecule has 3 aromatic rings. The topological polar surface area (TPSA) is 87.5 Å². The normalized spacial score (nSPS) is 14.9. The molecule has 1 aliphatic rings. The van der Waals surface area contributed by atoms with E-state index in [2.05, 4.69) is 19.8 Å². The first-order valence-electron chi connectivity index (χ1n) is 11.4. The number of nitrogens with zero attached hydrogens (tertiary/aromatic N) is 4. The third-order valence-electron chi connectivity index (χ3n) is 6.28. The smallest absolute Gasteiger partial charge is 0.253 e. The Balaban J connectivity index is 1.34. The molecule has 180 valence electrons. The van der Waals surface area contributed by atoms with Gasteiger partial charge in [0, 0.05) is 56.0 Å². The number of anilines is 1. The lowest BCUT2D eigenvalue weighted by molar-refractivity contribution is 0.0955. The minimum absolute atomic E-state index is 0.0651. The van der Waals surface area contributed by atoms with Crippen LogP contribution < -0.4 is 10.2 Å². The van der Waals surface area contributed by atoms with Gasteiger partial charge < -0.3 is 14.8 Å². The number of pyridine rings is 1. The molecule has 8 nitrogen and oxygen atoms in total. The van der Waals surface area contributed by atoms with Crippen molar-refractivity contribution in [3.8, 4) is 5.69 Å². The average molecular weight is 482 g/mol. The van der Waals surface area contributed by atoms with Crippen molar-refractivity contribution in [1.82, 2.24) is 19.2 Å². The van der Waals surface area contributed by atoms with Gasteiger partial charge in [0.15, 0.2) is 0 Å². The van der Waals surface area contributed by atoms with Crippen LogP contribution in [-0.2, 0) is 10.0 Å². The second kappa shape index (κ2) is 9.99.